The van der Waals surface area contributed by atoms with E-state index in [1.807, 2.05) is 32.0 Å². The number of halogens is 1. The predicted octanol–water partition coefficient (Wildman–Crippen LogP) is 5.25. The number of rotatable bonds is 5. The molecule has 1 aromatic heterocycles. The van der Waals surface area contributed by atoms with Gasteiger partial charge in [0, 0.05) is 16.1 Å². The average molecular weight is 415 g/mol. The summed E-state index contributed by atoms with van der Waals surface area (Å²) in [6.07, 6.45) is 0. The molecule has 3 N–H and O–H groups in total. The van der Waals surface area contributed by atoms with E-state index in [4.69, 9.17) is 14.9 Å². The van der Waals surface area contributed by atoms with E-state index in [0.717, 1.165) is 15.6 Å². The molecule has 26 heavy (non-hydrogen) atoms. The molecule has 3 rings (SSSR count). The van der Waals surface area contributed by atoms with Crippen molar-refractivity contribution in [2.24, 2.45) is 0 Å². The number of nitrogen functional groups attached to an aromatic ring is 1. The van der Waals surface area contributed by atoms with Crippen LogP contribution < -0.4 is 15.8 Å². The van der Waals surface area contributed by atoms with Crippen molar-refractivity contribution in [2.75, 3.05) is 17.7 Å². The van der Waals surface area contributed by atoms with Gasteiger partial charge in [-0.1, -0.05) is 15.9 Å². The number of ether oxygens (including phenoxy) is 1. The van der Waals surface area contributed by atoms with Crippen LogP contribution in [0.4, 0.5) is 11.4 Å². The molecule has 0 aliphatic rings. The fourth-order valence-corrected chi connectivity index (χ4v) is 3.08. The number of furan rings is 1. The second kappa shape index (κ2) is 7.66. The zero-order valence-electron chi connectivity index (χ0n) is 14.5. The maximum absolute atomic E-state index is 12.5. The topological polar surface area (TPSA) is 77.5 Å². The van der Waals surface area contributed by atoms with Crippen LogP contribution in [0.3, 0.4) is 0 Å². The van der Waals surface area contributed by atoms with E-state index >= 15 is 0 Å². The molecule has 5 nitrogen and oxygen atoms in total. The van der Waals surface area contributed by atoms with E-state index < -0.39 is 0 Å². The minimum absolute atomic E-state index is 0.218. The number of carbonyl (C=O) groups is 1. The van der Waals surface area contributed by atoms with Crippen LogP contribution in [-0.2, 0) is 0 Å². The van der Waals surface area contributed by atoms with Crippen molar-refractivity contribution in [3.63, 3.8) is 0 Å². The Labute approximate surface area is 160 Å². The number of hydrogen-bond acceptors (Lipinski definition) is 4. The molecular formula is C20H19BrN2O3. The summed E-state index contributed by atoms with van der Waals surface area (Å²) in [5.74, 6) is 1.16. The van der Waals surface area contributed by atoms with Gasteiger partial charge < -0.3 is 20.2 Å². The van der Waals surface area contributed by atoms with E-state index in [-0.39, 0.29) is 11.7 Å². The first-order valence-electron chi connectivity index (χ1n) is 8.18. The van der Waals surface area contributed by atoms with Crippen LogP contribution in [0.1, 0.15) is 23.0 Å². The fraction of sp³-hybridized carbons (Fsp3) is 0.150. The Morgan fingerprint density at radius 1 is 1.19 bits per heavy atom. The Morgan fingerprint density at radius 2 is 2.00 bits per heavy atom. The van der Waals surface area contributed by atoms with E-state index in [2.05, 4.69) is 21.2 Å². The number of nitrogens with two attached hydrogens (primary N) is 1. The molecular weight excluding hydrogens is 396 g/mol. The van der Waals surface area contributed by atoms with Crippen molar-refractivity contribution in [1.29, 1.82) is 0 Å². The van der Waals surface area contributed by atoms with Crippen LogP contribution in [0.2, 0.25) is 0 Å². The maximum atomic E-state index is 12.5. The minimum atomic E-state index is -0.359. The number of carbonyl (C=O) groups excluding carboxylic acids is 1. The zero-order valence-corrected chi connectivity index (χ0v) is 16.1. The summed E-state index contributed by atoms with van der Waals surface area (Å²) < 4.78 is 12.1. The molecule has 2 aromatic carbocycles. The van der Waals surface area contributed by atoms with Crippen molar-refractivity contribution in [2.45, 2.75) is 13.8 Å². The van der Waals surface area contributed by atoms with Gasteiger partial charge in [-0.3, -0.25) is 4.79 Å². The van der Waals surface area contributed by atoms with Crippen molar-refractivity contribution in [3.8, 4) is 17.1 Å². The van der Waals surface area contributed by atoms with Gasteiger partial charge in [0.15, 0.2) is 5.76 Å². The average Bonchev–Trinajstić information content (AvgIpc) is 3.07. The third kappa shape index (κ3) is 3.91. The maximum Gasteiger partial charge on any atom is 0.291 e. The monoisotopic (exact) mass is 414 g/mol. The van der Waals surface area contributed by atoms with E-state index in [9.17, 15) is 4.79 Å². The fourth-order valence-electron chi connectivity index (χ4n) is 2.60. The van der Waals surface area contributed by atoms with Crippen LogP contribution in [0.5, 0.6) is 5.75 Å². The summed E-state index contributed by atoms with van der Waals surface area (Å²) in [5.41, 5.74) is 8.91. The van der Waals surface area contributed by atoms with Crippen molar-refractivity contribution < 1.29 is 13.9 Å². The van der Waals surface area contributed by atoms with Gasteiger partial charge >= 0.3 is 0 Å². The van der Waals surface area contributed by atoms with E-state index in [0.29, 0.717) is 29.5 Å². The molecule has 0 aliphatic carbocycles. The standard InChI is InChI=1S/C20H19BrN2O3/c1-3-25-14-5-7-17(16(22)11-14)23-20(24)19-9-8-18(26-19)15-6-4-13(21)10-12(15)2/h4-11H,3,22H2,1-2H3,(H,23,24). The summed E-state index contributed by atoms with van der Waals surface area (Å²) >= 11 is 3.44. The number of anilines is 2. The van der Waals surface area contributed by atoms with Crippen LogP contribution in [0.15, 0.2) is 57.4 Å². The molecule has 0 fully saturated rings. The highest BCUT2D eigenvalue weighted by molar-refractivity contribution is 9.10. The first-order valence-corrected chi connectivity index (χ1v) is 8.97. The lowest BCUT2D eigenvalue weighted by atomic mass is 10.1. The molecule has 1 amide bonds. The second-order valence-electron chi connectivity index (χ2n) is 5.76. The third-order valence-electron chi connectivity index (χ3n) is 3.87. The highest BCUT2D eigenvalue weighted by Gasteiger charge is 2.15. The normalized spacial score (nSPS) is 10.6. The Hall–Kier alpha value is -2.73. The van der Waals surface area contributed by atoms with E-state index in [1.54, 1.807) is 30.3 Å². The summed E-state index contributed by atoms with van der Waals surface area (Å²) in [4.78, 5) is 12.5. The molecule has 1 heterocycles. The van der Waals surface area contributed by atoms with Gasteiger partial charge in [0.25, 0.3) is 5.91 Å². The lowest BCUT2D eigenvalue weighted by molar-refractivity contribution is 0.0997. The molecule has 0 saturated heterocycles. The van der Waals surface area contributed by atoms with Crippen molar-refractivity contribution in [1.82, 2.24) is 0 Å². The molecule has 134 valence electrons. The SMILES string of the molecule is CCOc1ccc(NC(=O)c2ccc(-c3ccc(Br)cc3C)o2)c(N)c1. The number of benzene rings is 2. The molecule has 0 aliphatic heterocycles. The highest BCUT2D eigenvalue weighted by Crippen LogP contribution is 2.29. The van der Waals surface area contributed by atoms with Gasteiger partial charge in [-0.2, -0.15) is 0 Å². The summed E-state index contributed by atoms with van der Waals surface area (Å²) in [6, 6.07) is 14.5. The summed E-state index contributed by atoms with van der Waals surface area (Å²) in [7, 11) is 0. The number of amides is 1. The lowest BCUT2D eigenvalue weighted by Crippen LogP contribution is -2.12. The third-order valence-corrected chi connectivity index (χ3v) is 4.36. The largest absolute Gasteiger partial charge is 0.494 e. The molecule has 6 heteroatoms. The van der Waals surface area contributed by atoms with Crippen molar-refractivity contribution in [3.05, 3.63) is 64.3 Å². The molecule has 0 saturated carbocycles. The van der Waals surface area contributed by atoms with Gasteiger partial charge in [-0.25, -0.2) is 0 Å². The Morgan fingerprint density at radius 3 is 2.69 bits per heavy atom. The molecule has 0 bridgehead atoms. The van der Waals surface area contributed by atoms with Gasteiger partial charge in [-0.05, 0) is 61.9 Å². The molecule has 3 aromatic rings. The number of aryl methyl sites for hydroxylation is 1. The van der Waals surface area contributed by atoms with Crippen molar-refractivity contribution >= 4 is 33.2 Å². The highest BCUT2D eigenvalue weighted by atomic mass is 79.9. The quantitative estimate of drug-likeness (QED) is 0.558. The van der Waals surface area contributed by atoms with Crippen LogP contribution in [0, 0.1) is 6.92 Å². The first-order chi connectivity index (χ1) is 12.5. The lowest BCUT2D eigenvalue weighted by Gasteiger charge is -2.09. The van der Waals surface area contributed by atoms with Gasteiger partial charge in [0.2, 0.25) is 0 Å². The smallest absolute Gasteiger partial charge is 0.291 e. The Bertz CT molecular complexity index is 950. The molecule has 0 radical (unpaired) electrons. The molecule has 0 spiro atoms. The van der Waals surface area contributed by atoms with Crippen LogP contribution >= 0.6 is 15.9 Å². The van der Waals surface area contributed by atoms with Gasteiger partial charge in [0.1, 0.15) is 11.5 Å². The van der Waals surface area contributed by atoms with Crippen LogP contribution in [-0.4, -0.2) is 12.5 Å². The minimum Gasteiger partial charge on any atom is -0.494 e. The summed E-state index contributed by atoms with van der Waals surface area (Å²) in [6.45, 7) is 4.44. The Kier molecular flexibility index (Phi) is 5.32. The van der Waals surface area contributed by atoms with Gasteiger partial charge in [-0.15, -0.1) is 0 Å². The van der Waals surface area contributed by atoms with Gasteiger partial charge in [0.05, 0.1) is 18.0 Å². The summed E-state index contributed by atoms with van der Waals surface area (Å²) in [5, 5.41) is 2.76. The van der Waals surface area contributed by atoms with E-state index in [1.165, 1.54) is 0 Å². The van der Waals surface area contributed by atoms with Crippen LogP contribution in [0.25, 0.3) is 11.3 Å². The number of nitrogens with one attached hydrogen (secondary N) is 1. The first kappa shape index (κ1) is 18.1. The predicted molar refractivity (Wildman–Crippen MR) is 107 cm³/mol. The Balaban J connectivity index is 1.78. The second-order valence-corrected chi connectivity index (χ2v) is 6.68. The molecule has 0 unspecified atom stereocenters. The zero-order chi connectivity index (χ0) is 18.7. The molecule has 0 atom stereocenters. The number of hydrogen-bond donors (Lipinski definition) is 2.